The molecule has 0 aliphatic carbocycles. The zero-order chi connectivity index (χ0) is 14.7. The number of hydrogen-bond acceptors (Lipinski definition) is 2. The van der Waals surface area contributed by atoms with Crippen LogP contribution in [0.2, 0.25) is 0 Å². The summed E-state index contributed by atoms with van der Waals surface area (Å²) in [5.74, 6) is 2.46. The van der Waals surface area contributed by atoms with Gasteiger partial charge in [0.25, 0.3) is 0 Å². The van der Waals surface area contributed by atoms with Crippen molar-refractivity contribution < 1.29 is 0 Å². The van der Waals surface area contributed by atoms with E-state index >= 15 is 0 Å². The van der Waals surface area contributed by atoms with Crippen LogP contribution in [0.5, 0.6) is 0 Å². The molecule has 1 N–H and O–H groups in total. The molecule has 0 aromatic heterocycles. The minimum absolute atomic E-state index is 0.672. The van der Waals surface area contributed by atoms with E-state index in [0.717, 1.165) is 24.9 Å². The molecule has 3 rings (SSSR count). The number of rotatable bonds is 3. The van der Waals surface area contributed by atoms with Gasteiger partial charge in [0.1, 0.15) is 0 Å². The first-order chi connectivity index (χ1) is 10.2. The van der Waals surface area contributed by atoms with Gasteiger partial charge in [-0.05, 0) is 55.3 Å². The summed E-state index contributed by atoms with van der Waals surface area (Å²) in [5, 5.41) is 3.60. The van der Waals surface area contributed by atoms with Gasteiger partial charge in [-0.25, -0.2) is 0 Å². The van der Waals surface area contributed by atoms with Gasteiger partial charge in [0.05, 0.1) is 0 Å². The highest BCUT2D eigenvalue weighted by molar-refractivity contribution is 5.32. The van der Waals surface area contributed by atoms with Crippen molar-refractivity contribution in [2.75, 3.05) is 26.2 Å². The summed E-state index contributed by atoms with van der Waals surface area (Å²) < 4.78 is 0. The smallest absolute Gasteiger partial charge is 0.0208 e. The van der Waals surface area contributed by atoms with Crippen LogP contribution in [0.3, 0.4) is 0 Å². The van der Waals surface area contributed by atoms with E-state index in [4.69, 9.17) is 0 Å². The van der Waals surface area contributed by atoms with Crippen LogP contribution in [-0.4, -0.2) is 31.1 Å². The number of benzene rings is 1. The molecular weight excluding hydrogens is 256 g/mol. The van der Waals surface area contributed by atoms with Gasteiger partial charge in [-0.3, -0.25) is 0 Å². The molecule has 116 valence electrons. The minimum Gasteiger partial charge on any atom is -0.312 e. The average molecular weight is 286 g/mol. The van der Waals surface area contributed by atoms with E-state index in [1.165, 1.54) is 44.5 Å². The van der Waals surface area contributed by atoms with Crippen molar-refractivity contribution in [2.45, 2.75) is 45.6 Å². The molecule has 0 amide bonds. The Kier molecular flexibility index (Phi) is 4.97. The molecule has 2 atom stereocenters. The molecule has 1 aromatic rings. The normalized spacial score (nSPS) is 27.4. The van der Waals surface area contributed by atoms with Crippen molar-refractivity contribution in [3.05, 3.63) is 35.4 Å². The first-order valence-corrected chi connectivity index (χ1v) is 8.75. The topological polar surface area (TPSA) is 15.3 Å². The van der Waals surface area contributed by atoms with Gasteiger partial charge in [-0.1, -0.05) is 38.1 Å². The van der Waals surface area contributed by atoms with Crippen molar-refractivity contribution in [1.29, 1.82) is 0 Å². The van der Waals surface area contributed by atoms with Crippen LogP contribution in [0.15, 0.2) is 24.3 Å². The molecule has 0 saturated carbocycles. The Morgan fingerprint density at radius 3 is 2.90 bits per heavy atom. The molecule has 0 spiro atoms. The molecule has 2 unspecified atom stereocenters. The molecule has 1 fully saturated rings. The Bertz CT molecular complexity index is 455. The molecule has 2 nitrogen and oxygen atoms in total. The number of likely N-dealkylation sites (tertiary alicyclic amines) is 1. The molecule has 0 radical (unpaired) electrons. The maximum Gasteiger partial charge on any atom is 0.0208 e. The predicted molar refractivity (Wildman–Crippen MR) is 89.5 cm³/mol. The second-order valence-electron chi connectivity index (χ2n) is 7.26. The van der Waals surface area contributed by atoms with E-state index in [0.29, 0.717) is 5.92 Å². The van der Waals surface area contributed by atoms with Crippen LogP contribution in [-0.2, 0) is 6.54 Å². The van der Waals surface area contributed by atoms with Crippen molar-refractivity contribution in [3.63, 3.8) is 0 Å². The summed E-state index contributed by atoms with van der Waals surface area (Å²) in [7, 11) is 0. The monoisotopic (exact) mass is 286 g/mol. The third kappa shape index (κ3) is 3.67. The third-order valence-electron chi connectivity index (χ3n) is 5.49. The summed E-state index contributed by atoms with van der Waals surface area (Å²) in [5.41, 5.74) is 3.09. The summed E-state index contributed by atoms with van der Waals surface area (Å²) in [6.45, 7) is 10.8. The fraction of sp³-hybridized carbons (Fsp3) is 0.684. The first kappa shape index (κ1) is 15.1. The van der Waals surface area contributed by atoms with E-state index in [2.05, 4.69) is 48.3 Å². The van der Waals surface area contributed by atoms with E-state index < -0.39 is 0 Å². The van der Waals surface area contributed by atoms with Crippen LogP contribution >= 0.6 is 0 Å². The molecule has 1 saturated heterocycles. The Morgan fingerprint density at radius 1 is 1.19 bits per heavy atom. The third-order valence-corrected chi connectivity index (χ3v) is 5.49. The second kappa shape index (κ2) is 6.93. The number of hydrogen-bond donors (Lipinski definition) is 1. The summed E-state index contributed by atoms with van der Waals surface area (Å²) >= 11 is 0. The molecule has 0 bridgehead atoms. The predicted octanol–water partition coefficient (Wildman–Crippen LogP) is 3.63. The van der Waals surface area contributed by atoms with Gasteiger partial charge in [-0.2, -0.15) is 0 Å². The Morgan fingerprint density at radius 2 is 2.05 bits per heavy atom. The van der Waals surface area contributed by atoms with Crippen LogP contribution in [0.25, 0.3) is 0 Å². The molecule has 2 heteroatoms. The lowest BCUT2D eigenvalue weighted by Gasteiger charge is -2.31. The maximum atomic E-state index is 3.60. The summed E-state index contributed by atoms with van der Waals surface area (Å²) in [4.78, 5) is 2.72. The summed E-state index contributed by atoms with van der Waals surface area (Å²) in [6, 6.07) is 9.00. The average Bonchev–Trinajstić information content (AvgIpc) is 2.73. The van der Waals surface area contributed by atoms with Gasteiger partial charge >= 0.3 is 0 Å². The van der Waals surface area contributed by atoms with Gasteiger partial charge in [-0.15, -0.1) is 0 Å². The van der Waals surface area contributed by atoms with E-state index in [-0.39, 0.29) is 0 Å². The van der Waals surface area contributed by atoms with Gasteiger partial charge < -0.3 is 10.2 Å². The second-order valence-corrected chi connectivity index (χ2v) is 7.26. The van der Waals surface area contributed by atoms with Gasteiger partial charge in [0.15, 0.2) is 0 Å². The van der Waals surface area contributed by atoms with Crippen LogP contribution in [0.1, 0.15) is 50.2 Å². The SMILES string of the molecule is CC(C)C1CCCN(CC2CNCc3ccccc32)CC1. The molecule has 1 aromatic carbocycles. The lowest BCUT2D eigenvalue weighted by atomic mass is 9.89. The van der Waals surface area contributed by atoms with E-state index in [1.54, 1.807) is 5.56 Å². The fourth-order valence-corrected chi connectivity index (χ4v) is 4.09. The van der Waals surface area contributed by atoms with E-state index in [9.17, 15) is 0 Å². The molecule has 2 aliphatic rings. The van der Waals surface area contributed by atoms with E-state index in [1.807, 2.05) is 0 Å². The molecule has 21 heavy (non-hydrogen) atoms. The first-order valence-electron chi connectivity index (χ1n) is 8.75. The Labute approximate surface area is 129 Å². The maximum absolute atomic E-state index is 3.60. The highest BCUT2D eigenvalue weighted by Crippen LogP contribution is 2.28. The van der Waals surface area contributed by atoms with Gasteiger partial charge in [0.2, 0.25) is 0 Å². The quantitative estimate of drug-likeness (QED) is 0.913. The molecule has 2 aliphatic heterocycles. The Hall–Kier alpha value is -0.860. The molecule has 2 heterocycles. The number of nitrogens with zero attached hydrogens (tertiary/aromatic N) is 1. The standard InChI is InChI=1S/C19H30N2/c1-15(2)16-7-5-10-21(11-9-16)14-18-13-20-12-17-6-3-4-8-19(17)18/h3-4,6,8,15-16,18,20H,5,7,9-14H2,1-2H3. The summed E-state index contributed by atoms with van der Waals surface area (Å²) in [6.07, 6.45) is 4.19. The van der Waals surface area contributed by atoms with Crippen LogP contribution in [0, 0.1) is 11.8 Å². The van der Waals surface area contributed by atoms with Gasteiger partial charge in [0, 0.05) is 25.6 Å². The molecular formula is C19H30N2. The van der Waals surface area contributed by atoms with Crippen molar-refractivity contribution in [1.82, 2.24) is 10.2 Å². The largest absolute Gasteiger partial charge is 0.312 e. The lowest BCUT2D eigenvalue weighted by Crippen LogP contribution is -2.37. The highest BCUT2D eigenvalue weighted by atomic mass is 15.1. The Balaban J connectivity index is 1.62. The fourth-order valence-electron chi connectivity index (χ4n) is 4.09. The minimum atomic E-state index is 0.672. The van der Waals surface area contributed by atoms with Crippen molar-refractivity contribution >= 4 is 0 Å². The lowest BCUT2D eigenvalue weighted by molar-refractivity contribution is 0.250. The number of fused-ring (bicyclic) bond motifs is 1. The number of nitrogens with one attached hydrogen (secondary N) is 1. The zero-order valence-corrected chi connectivity index (χ0v) is 13.6. The van der Waals surface area contributed by atoms with Crippen LogP contribution < -0.4 is 5.32 Å². The highest BCUT2D eigenvalue weighted by Gasteiger charge is 2.24. The van der Waals surface area contributed by atoms with Crippen LogP contribution in [0.4, 0.5) is 0 Å². The van der Waals surface area contributed by atoms with Crippen molar-refractivity contribution in [2.24, 2.45) is 11.8 Å². The van der Waals surface area contributed by atoms with Crippen molar-refractivity contribution in [3.8, 4) is 0 Å². The zero-order valence-electron chi connectivity index (χ0n) is 13.6.